The van der Waals surface area contributed by atoms with Crippen molar-refractivity contribution in [3.05, 3.63) is 28.2 Å². The first-order chi connectivity index (χ1) is 8.37. The van der Waals surface area contributed by atoms with Crippen LogP contribution in [0.3, 0.4) is 0 Å². The maximum Gasteiger partial charge on any atom is 0.240 e. The van der Waals surface area contributed by atoms with E-state index < -0.39 is 10.0 Å². The van der Waals surface area contributed by atoms with Crippen molar-refractivity contribution in [2.24, 2.45) is 5.41 Å². The predicted molar refractivity (Wildman–Crippen MR) is 74.0 cm³/mol. The maximum absolute atomic E-state index is 12.1. The number of hydrogen-bond donors (Lipinski definition) is 1. The van der Waals surface area contributed by atoms with Crippen LogP contribution >= 0.6 is 34.8 Å². The molecule has 0 spiro atoms. The van der Waals surface area contributed by atoms with E-state index in [9.17, 15) is 8.42 Å². The van der Waals surface area contributed by atoms with Crippen LogP contribution in [0.25, 0.3) is 0 Å². The quantitative estimate of drug-likeness (QED) is 0.843. The third kappa shape index (κ3) is 3.31. The summed E-state index contributed by atoms with van der Waals surface area (Å²) < 4.78 is 26.7. The fraction of sp³-hybridized carbons (Fsp3) is 0.455. The van der Waals surface area contributed by atoms with E-state index in [1.807, 2.05) is 0 Å². The lowest BCUT2D eigenvalue weighted by atomic mass is 10.1. The molecule has 18 heavy (non-hydrogen) atoms. The van der Waals surface area contributed by atoms with Gasteiger partial charge in [0.1, 0.15) is 0 Å². The van der Waals surface area contributed by atoms with E-state index in [0.717, 1.165) is 12.8 Å². The van der Waals surface area contributed by atoms with Crippen molar-refractivity contribution < 1.29 is 8.42 Å². The third-order valence-electron chi connectivity index (χ3n) is 3.02. The van der Waals surface area contributed by atoms with Crippen LogP contribution in [-0.4, -0.2) is 20.8 Å². The average Bonchev–Trinajstić information content (AvgIpc) is 3.06. The van der Waals surface area contributed by atoms with Crippen LogP contribution in [0.5, 0.6) is 0 Å². The SMILES string of the molecule is O=S(=O)(NCC1(CCl)CC1)c1cc(Cl)cc(Cl)c1. The van der Waals surface area contributed by atoms with Crippen molar-refractivity contribution >= 4 is 44.8 Å². The molecule has 1 aromatic rings. The zero-order valence-electron chi connectivity index (χ0n) is 9.42. The lowest BCUT2D eigenvalue weighted by molar-refractivity contribution is 0.534. The van der Waals surface area contributed by atoms with Crippen molar-refractivity contribution in [3.8, 4) is 0 Å². The molecule has 0 bridgehead atoms. The van der Waals surface area contributed by atoms with Gasteiger partial charge in [0.25, 0.3) is 0 Å². The molecule has 0 heterocycles. The van der Waals surface area contributed by atoms with Gasteiger partial charge in [0.2, 0.25) is 10.0 Å². The molecule has 100 valence electrons. The van der Waals surface area contributed by atoms with Crippen LogP contribution in [0.4, 0.5) is 0 Å². The number of sulfonamides is 1. The fourth-order valence-electron chi connectivity index (χ4n) is 1.55. The Labute approximate surface area is 121 Å². The van der Waals surface area contributed by atoms with E-state index in [4.69, 9.17) is 34.8 Å². The van der Waals surface area contributed by atoms with E-state index in [1.54, 1.807) is 0 Å². The van der Waals surface area contributed by atoms with Crippen LogP contribution in [0.2, 0.25) is 10.0 Å². The van der Waals surface area contributed by atoms with Gasteiger partial charge < -0.3 is 0 Å². The summed E-state index contributed by atoms with van der Waals surface area (Å²) in [7, 11) is -3.59. The van der Waals surface area contributed by atoms with E-state index >= 15 is 0 Å². The second kappa shape index (κ2) is 5.17. The highest BCUT2D eigenvalue weighted by molar-refractivity contribution is 7.89. The Bertz CT molecular complexity index is 535. The van der Waals surface area contributed by atoms with Gasteiger partial charge in [0.05, 0.1) is 4.90 Å². The molecule has 7 heteroatoms. The van der Waals surface area contributed by atoms with Gasteiger partial charge in [-0.25, -0.2) is 13.1 Å². The fourth-order valence-corrected chi connectivity index (χ4v) is 3.79. The van der Waals surface area contributed by atoms with E-state index in [0.29, 0.717) is 22.5 Å². The molecular weight excluding hydrogens is 317 g/mol. The molecule has 0 aliphatic heterocycles. The number of rotatable bonds is 5. The molecule has 0 saturated heterocycles. The second-order valence-electron chi connectivity index (χ2n) is 4.56. The lowest BCUT2D eigenvalue weighted by Gasteiger charge is -2.13. The second-order valence-corrected chi connectivity index (χ2v) is 7.47. The van der Waals surface area contributed by atoms with Crippen LogP contribution in [0, 0.1) is 5.41 Å². The molecule has 0 aromatic heterocycles. The van der Waals surface area contributed by atoms with E-state index in [-0.39, 0.29) is 10.3 Å². The monoisotopic (exact) mass is 327 g/mol. The third-order valence-corrected chi connectivity index (χ3v) is 5.41. The standard InChI is InChI=1S/C11H12Cl3NO2S/c12-6-11(1-2-11)7-15-18(16,17)10-4-8(13)3-9(14)5-10/h3-5,15H,1-2,6-7H2. The molecule has 0 unspecified atom stereocenters. The summed E-state index contributed by atoms with van der Waals surface area (Å²) in [5, 5.41) is 0.586. The van der Waals surface area contributed by atoms with Gasteiger partial charge >= 0.3 is 0 Å². The molecule has 1 saturated carbocycles. The Morgan fingerprint density at radius 1 is 1.17 bits per heavy atom. The van der Waals surface area contributed by atoms with Gasteiger partial charge in [0, 0.05) is 22.5 Å². The molecule has 0 amide bonds. The van der Waals surface area contributed by atoms with Crippen molar-refractivity contribution in [2.75, 3.05) is 12.4 Å². The van der Waals surface area contributed by atoms with Gasteiger partial charge in [-0.15, -0.1) is 11.6 Å². The number of benzene rings is 1. The van der Waals surface area contributed by atoms with Gasteiger partial charge in [-0.3, -0.25) is 0 Å². The molecule has 0 radical (unpaired) electrons. The van der Waals surface area contributed by atoms with E-state index in [1.165, 1.54) is 18.2 Å². The summed E-state index contributed by atoms with van der Waals surface area (Å²) in [4.78, 5) is 0.0744. The first-order valence-electron chi connectivity index (χ1n) is 5.39. The minimum absolute atomic E-state index is 0.0724. The highest BCUT2D eigenvalue weighted by Gasteiger charge is 2.42. The van der Waals surface area contributed by atoms with Crippen molar-refractivity contribution in [2.45, 2.75) is 17.7 Å². The van der Waals surface area contributed by atoms with Crippen molar-refractivity contribution in [3.63, 3.8) is 0 Å². The largest absolute Gasteiger partial charge is 0.240 e. The minimum atomic E-state index is -3.59. The molecule has 1 aliphatic carbocycles. The summed E-state index contributed by atoms with van der Waals surface area (Å²) in [5.41, 5.74) is -0.0724. The highest BCUT2D eigenvalue weighted by Crippen LogP contribution is 2.46. The number of alkyl halides is 1. The maximum atomic E-state index is 12.1. The van der Waals surface area contributed by atoms with Crippen LogP contribution in [0.15, 0.2) is 23.1 Å². The topological polar surface area (TPSA) is 46.2 Å². The molecule has 1 N–H and O–H groups in total. The first kappa shape index (κ1) is 14.4. The zero-order valence-corrected chi connectivity index (χ0v) is 12.5. The Morgan fingerprint density at radius 2 is 1.72 bits per heavy atom. The van der Waals surface area contributed by atoms with Crippen LogP contribution in [0.1, 0.15) is 12.8 Å². The number of nitrogens with one attached hydrogen (secondary N) is 1. The van der Waals surface area contributed by atoms with Gasteiger partial charge in [0.15, 0.2) is 0 Å². The Morgan fingerprint density at radius 3 is 2.17 bits per heavy atom. The van der Waals surface area contributed by atoms with Gasteiger partial charge in [-0.05, 0) is 36.5 Å². The normalized spacial score (nSPS) is 17.7. The molecule has 3 nitrogen and oxygen atoms in total. The molecule has 0 atom stereocenters. The van der Waals surface area contributed by atoms with Gasteiger partial charge in [-0.1, -0.05) is 23.2 Å². The molecule has 1 aliphatic rings. The first-order valence-corrected chi connectivity index (χ1v) is 8.16. The summed E-state index contributed by atoms with van der Waals surface area (Å²) in [6.07, 6.45) is 1.91. The lowest BCUT2D eigenvalue weighted by Crippen LogP contribution is -2.31. The van der Waals surface area contributed by atoms with Crippen LogP contribution in [-0.2, 0) is 10.0 Å². The number of halogens is 3. The molecule has 1 fully saturated rings. The summed E-state index contributed by atoms with van der Waals surface area (Å²) in [5.74, 6) is 0.464. The molecular formula is C11H12Cl3NO2S. The summed E-state index contributed by atoms with van der Waals surface area (Å²) in [6.45, 7) is 0.350. The minimum Gasteiger partial charge on any atom is -0.211 e. The van der Waals surface area contributed by atoms with Crippen molar-refractivity contribution in [1.29, 1.82) is 0 Å². The number of hydrogen-bond acceptors (Lipinski definition) is 2. The molecule has 2 rings (SSSR count). The highest BCUT2D eigenvalue weighted by atomic mass is 35.5. The Hall–Kier alpha value is -0.000000000000000139. The van der Waals surface area contributed by atoms with Crippen molar-refractivity contribution in [1.82, 2.24) is 4.72 Å². The Kier molecular flexibility index (Phi) is 4.14. The zero-order chi connectivity index (χ0) is 13.4. The summed E-state index contributed by atoms with van der Waals surface area (Å²) >= 11 is 17.4. The summed E-state index contributed by atoms with van der Waals surface area (Å²) in [6, 6.07) is 4.23. The Balaban J connectivity index is 2.15. The average molecular weight is 329 g/mol. The van der Waals surface area contributed by atoms with Gasteiger partial charge in [-0.2, -0.15) is 0 Å². The predicted octanol–water partition coefficient (Wildman–Crippen LogP) is 3.29. The smallest absolute Gasteiger partial charge is 0.211 e. The molecule has 1 aromatic carbocycles. The van der Waals surface area contributed by atoms with E-state index in [2.05, 4.69) is 4.72 Å². The van der Waals surface area contributed by atoms with Crippen LogP contribution < -0.4 is 4.72 Å².